The monoisotopic (exact) mass is 204 g/mol. The van der Waals surface area contributed by atoms with Crippen molar-refractivity contribution in [1.82, 2.24) is 4.57 Å². The van der Waals surface area contributed by atoms with E-state index in [1.54, 1.807) is 0 Å². The Morgan fingerprint density at radius 1 is 1.47 bits per heavy atom. The van der Waals surface area contributed by atoms with Crippen LogP contribution in [0.5, 0.6) is 0 Å². The number of hydrogen-bond acceptors (Lipinski definition) is 1. The van der Waals surface area contributed by atoms with Crippen molar-refractivity contribution in [2.24, 2.45) is 0 Å². The van der Waals surface area contributed by atoms with Gasteiger partial charge in [0.05, 0.1) is 5.56 Å². The maximum atomic E-state index is 8.90. The van der Waals surface area contributed by atoms with Gasteiger partial charge in [-0.2, -0.15) is 5.26 Å². The van der Waals surface area contributed by atoms with E-state index in [-0.39, 0.29) is 0 Å². The number of nitriles is 1. The summed E-state index contributed by atoms with van der Waals surface area (Å²) in [5.74, 6) is 0. The second-order valence-electron chi connectivity index (χ2n) is 4.04. The molecule has 0 amide bonds. The van der Waals surface area contributed by atoms with Gasteiger partial charge >= 0.3 is 0 Å². The Bertz CT molecular complexity index is 344. The number of rotatable bonds is 5. The molecule has 1 aromatic rings. The Morgan fingerprint density at radius 3 is 2.67 bits per heavy atom. The Labute approximate surface area is 92.5 Å². The average Bonchev–Trinajstić information content (AvgIpc) is 2.62. The molecule has 1 rings (SSSR count). The fraction of sp³-hybridized carbons (Fsp3) is 0.615. The van der Waals surface area contributed by atoms with Gasteiger partial charge in [0.25, 0.3) is 0 Å². The second-order valence-corrected chi connectivity index (χ2v) is 4.04. The van der Waals surface area contributed by atoms with Gasteiger partial charge in [0.15, 0.2) is 0 Å². The van der Waals surface area contributed by atoms with E-state index < -0.39 is 0 Å². The van der Waals surface area contributed by atoms with Crippen LogP contribution in [0.15, 0.2) is 12.3 Å². The summed E-state index contributed by atoms with van der Waals surface area (Å²) in [5.41, 5.74) is 1.92. The molecule has 0 fully saturated rings. The second kappa shape index (κ2) is 5.60. The SMILES string of the molecule is CCCCC(CC)n1ccc(C#N)c1C. The third-order valence-corrected chi connectivity index (χ3v) is 3.05. The third-order valence-electron chi connectivity index (χ3n) is 3.05. The average molecular weight is 204 g/mol. The fourth-order valence-corrected chi connectivity index (χ4v) is 2.02. The molecule has 0 bridgehead atoms. The van der Waals surface area contributed by atoms with Crippen LogP contribution in [0.1, 0.15) is 56.8 Å². The number of aromatic nitrogens is 1. The molecule has 1 atom stereocenters. The largest absolute Gasteiger partial charge is 0.347 e. The molecule has 2 heteroatoms. The highest BCUT2D eigenvalue weighted by Gasteiger charge is 2.12. The van der Waals surface area contributed by atoms with Crippen LogP contribution < -0.4 is 0 Å². The molecule has 82 valence electrons. The molecule has 2 nitrogen and oxygen atoms in total. The minimum atomic E-state index is 0.562. The van der Waals surface area contributed by atoms with Gasteiger partial charge in [-0.05, 0) is 25.8 Å². The van der Waals surface area contributed by atoms with E-state index in [0.717, 1.165) is 17.7 Å². The molecule has 0 radical (unpaired) electrons. The Morgan fingerprint density at radius 2 is 2.20 bits per heavy atom. The molecule has 1 aromatic heterocycles. The standard InChI is InChI=1S/C13H20N2/c1-4-6-7-13(5-2)15-9-8-12(10-14)11(15)3/h8-9,13H,4-7H2,1-3H3. The maximum absolute atomic E-state index is 8.90. The lowest BCUT2D eigenvalue weighted by molar-refractivity contribution is 0.431. The zero-order chi connectivity index (χ0) is 11.3. The first-order valence-corrected chi connectivity index (χ1v) is 5.82. The van der Waals surface area contributed by atoms with Crippen molar-refractivity contribution < 1.29 is 0 Å². The lowest BCUT2D eigenvalue weighted by Gasteiger charge is -2.18. The van der Waals surface area contributed by atoms with Gasteiger partial charge in [-0.3, -0.25) is 0 Å². The van der Waals surface area contributed by atoms with Crippen molar-refractivity contribution in [1.29, 1.82) is 5.26 Å². The first-order chi connectivity index (χ1) is 7.24. The lowest BCUT2D eigenvalue weighted by atomic mass is 10.1. The first-order valence-electron chi connectivity index (χ1n) is 5.82. The summed E-state index contributed by atoms with van der Waals surface area (Å²) in [4.78, 5) is 0. The molecule has 1 unspecified atom stereocenters. The molecule has 0 aliphatic heterocycles. The summed E-state index contributed by atoms with van der Waals surface area (Å²) in [6.45, 7) is 6.47. The van der Waals surface area contributed by atoms with Crippen LogP contribution in [0.3, 0.4) is 0 Å². The van der Waals surface area contributed by atoms with E-state index in [1.165, 1.54) is 19.3 Å². The highest BCUT2D eigenvalue weighted by atomic mass is 15.0. The molecule has 0 aromatic carbocycles. The van der Waals surface area contributed by atoms with Crippen LogP contribution in [0.25, 0.3) is 0 Å². The van der Waals surface area contributed by atoms with Crippen molar-refractivity contribution in [3.05, 3.63) is 23.5 Å². The van der Waals surface area contributed by atoms with Gasteiger partial charge in [0.1, 0.15) is 6.07 Å². The Balaban J connectivity index is 2.83. The minimum absolute atomic E-state index is 0.562. The molecule has 0 aliphatic carbocycles. The quantitative estimate of drug-likeness (QED) is 0.717. The highest BCUT2D eigenvalue weighted by molar-refractivity contribution is 5.33. The first kappa shape index (κ1) is 11.8. The van der Waals surface area contributed by atoms with E-state index in [1.807, 2.05) is 13.0 Å². The summed E-state index contributed by atoms with van der Waals surface area (Å²) >= 11 is 0. The van der Waals surface area contributed by atoms with E-state index in [2.05, 4.69) is 30.7 Å². The van der Waals surface area contributed by atoms with Gasteiger partial charge in [0, 0.05) is 17.9 Å². The fourth-order valence-electron chi connectivity index (χ4n) is 2.02. The number of unbranched alkanes of at least 4 members (excludes halogenated alkanes) is 1. The molecular weight excluding hydrogens is 184 g/mol. The van der Waals surface area contributed by atoms with Crippen molar-refractivity contribution in [3.63, 3.8) is 0 Å². The highest BCUT2D eigenvalue weighted by Crippen LogP contribution is 2.23. The minimum Gasteiger partial charge on any atom is -0.347 e. The zero-order valence-corrected chi connectivity index (χ0v) is 9.95. The van der Waals surface area contributed by atoms with Crippen molar-refractivity contribution in [3.8, 4) is 6.07 Å². The summed E-state index contributed by atoms with van der Waals surface area (Å²) in [7, 11) is 0. The Hall–Kier alpha value is -1.23. The van der Waals surface area contributed by atoms with Gasteiger partial charge in [-0.15, -0.1) is 0 Å². The molecule has 1 heterocycles. The summed E-state index contributed by atoms with van der Waals surface area (Å²) in [6.07, 6.45) is 6.91. The van der Waals surface area contributed by atoms with Crippen LogP contribution in [-0.4, -0.2) is 4.57 Å². The molecule has 0 saturated heterocycles. The van der Waals surface area contributed by atoms with Gasteiger partial charge in [0.2, 0.25) is 0 Å². The van der Waals surface area contributed by atoms with Gasteiger partial charge in [-0.25, -0.2) is 0 Å². The molecule has 0 saturated carbocycles. The maximum Gasteiger partial charge on any atom is 0.101 e. The summed E-state index contributed by atoms with van der Waals surface area (Å²) < 4.78 is 2.26. The van der Waals surface area contributed by atoms with Crippen LogP contribution in [0.4, 0.5) is 0 Å². The predicted octanol–water partition coefficient (Wildman–Crippen LogP) is 3.81. The van der Waals surface area contributed by atoms with Crippen LogP contribution in [0, 0.1) is 18.3 Å². The zero-order valence-electron chi connectivity index (χ0n) is 9.95. The molecule has 0 spiro atoms. The van der Waals surface area contributed by atoms with Gasteiger partial charge in [-0.1, -0.05) is 26.7 Å². The van der Waals surface area contributed by atoms with Gasteiger partial charge < -0.3 is 4.57 Å². The molecule has 0 aliphatic rings. The smallest absolute Gasteiger partial charge is 0.101 e. The molecule has 0 N–H and O–H groups in total. The predicted molar refractivity (Wildman–Crippen MR) is 62.7 cm³/mol. The number of hydrogen-bond donors (Lipinski definition) is 0. The molecular formula is C13H20N2. The van der Waals surface area contributed by atoms with Crippen LogP contribution in [-0.2, 0) is 0 Å². The normalized spacial score (nSPS) is 12.4. The third kappa shape index (κ3) is 2.62. The van der Waals surface area contributed by atoms with Crippen LogP contribution in [0.2, 0.25) is 0 Å². The van der Waals surface area contributed by atoms with E-state index in [0.29, 0.717) is 6.04 Å². The van der Waals surface area contributed by atoms with Crippen LogP contribution >= 0.6 is 0 Å². The number of nitrogens with zero attached hydrogens (tertiary/aromatic N) is 2. The topological polar surface area (TPSA) is 28.7 Å². The van der Waals surface area contributed by atoms with E-state index in [4.69, 9.17) is 5.26 Å². The van der Waals surface area contributed by atoms with E-state index in [9.17, 15) is 0 Å². The lowest BCUT2D eigenvalue weighted by Crippen LogP contribution is -2.08. The van der Waals surface area contributed by atoms with E-state index >= 15 is 0 Å². The van der Waals surface area contributed by atoms with Crippen molar-refractivity contribution in [2.45, 2.75) is 52.5 Å². The summed E-state index contributed by atoms with van der Waals surface area (Å²) in [6, 6.07) is 4.71. The van der Waals surface area contributed by atoms with Crippen molar-refractivity contribution in [2.75, 3.05) is 0 Å². The summed E-state index contributed by atoms with van der Waals surface area (Å²) in [5, 5.41) is 8.90. The van der Waals surface area contributed by atoms with Crippen molar-refractivity contribution >= 4 is 0 Å². The molecule has 15 heavy (non-hydrogen) atoms. The Kier molecular flexibility index (Phi) is 4.42.